The number of anilines is 1. The first-order valence-corrected chi connectivity index (χ1v) is 9.55. The van der Waals surface area contributed by atoms with Crippen molar-refractivity contribution in [2.75, 3.05) is 5.32 Å². The Morgan fingerprint density at radius 1 is 0.800 bits per heavy atom. The van der Waals surface area contributed by atoms with E-state index >= 15 is 0 Å². The van der Waals surface area contributed by atoms with Crippen LogP contribution >= 0.6 is 0 Å². The van der Waals surface area contributed by atoms with Gasteiger partial charge >= 0.3 is 5.97 Å². The van der Waals surface area contributed by atoms with Crippen LogP contribution in [0.1, 0.15) is 35.9 Å². The third kappa shape index (κ3) is 5.38. The predicted molar refractivity (Wildman–Crippen MR) is 114 cm³/mol. The maximum absolute atomic E-state index is 13.1. The summed E-state index contributed by atoms with van der Waals surface area (Å²) in [5.74, 6) is -0.406. The number of carbonyl (C=O) groups excluding carboxylic acids is 1. The highest BCUT2D eigenvalue weighted by Gasteiger charge is 2.24. The van der Waals surface area contributed by atoms with Gasteiger partial charge in [0.2, 0.25) is 6.10 Å². The van der Waals surface area contributed by atoms with Gasteiger partial charge in [-0.15, -0.1) is 0 Å². The van der Waals surface area contributed by atoms with E-state index in [4.69, 9.17) is 9.47 Å². The largest absolute Gasteiger partial charge is 0.491 e. The molecule has 0 aromatic heterocycles. The summed E-state index contributed by atoms with van der Waals surface area (Å²) in [4.78, 5) is 24.5. The summed E-state index contributed by atoms with van der Waals surface area (Å²) in [5, 5.41) is 12.0. The molecule has 6 heteroatoms. The topological polar surface area (TPSA) is 84.9 Å². The molecule has 1 amide bonds. The normalized spacial score (nSPS) is 11.6. The molecule has 1 atom stereocenters. The Hall–Kier alpha value is -3.80. The van der Waals surface area contributed by atoms with E-state index in [0.717, 1.165) is 0 Å². The lowest BCUT2D eigenvalue weighted by atomic mass is 10.1. The van der Waals surface area contributed by atoms with Crippen molar-refractivity contribution in [2.45, 2.75) is 26.1 Å². The van der Waals surface area contributed by atoms with Crippen molar-refractivity contribution in [2.24, 2.45) is 0 Å². The number of rotatable bonds is 8. The molecule has 0 bridgehead atoms. The minimum absolute atomic E-state index is 0.00727. The molecule has 0 saturated carbocycles. The molecule has 2 N–H and O–H groups in total. The summed E-state index contributed by atoms with van der Waals surface area (Å²) in [7, 11) is 0. The fraction of sp³-hybridized carbons (Fsp3) is 0.167. The molecular formula is C24H23NO5. The van der Waals surface area contributed by atoms with E-state index in [9.17, 15) is 14.7 Å². The van der Waals surface area contributed by atoms with Crippen LogP contribution in [0.2, 0.25) is 0 Å². The van der Waals surface area contributed by atoms with Gasteiger partial charge in [-0.1, -0.05) is 42.5 Å². The molecule has 30 heavy (non-hydrogen) atoms. The first kappa shape index (κ1) is 20.9. The molecule has 3 aromatic carbocycles. The van der Waals surface area contributed by atoms with Gasteiger partial charge < -0.3 is 19.9 Å². The molecule has 0 fully saturated rings. The van der Waals surface area contributed by atoms with Crippen LogP contribution in [0.4, 0.5) is 5.69 Å². The lowest BCUT2D eigenvalue weighted by Crippen LogP contribution is -2.26. The average Bonchev–Trinajstić information content (AvgIpc) is 2.73. The molecule has 0 saturated heterocycles. The first-order valence-electron chi connectivity index (χ1n) is 9.55. The molecule has 0 aliphatic heterocycles. The van der Waals surface area contributed by atoms with Gasteiger partial charge in [-0.25, -0.2) is 4.79 Å². The second-order valence-electron chi connectivity index (χ2n) is 6.89. The molecule has 0 aliphatic rings. The van der Waals surface area contributed by atoms with E-state index in [1.54, 1.807) is 54.6 Å². The second kappa shape index (κ2) is 9.60. The zero-order valence-electron chi connectivity index (χ0n) is 16.7. The number of benzene rings is 3. The first-order chi connectivity index (χ1) is 14.4. The Kier molecular flexibility index (Phi) is 6.70. The van der Waals surface area contributed by atoms with Crippen molar-refractivity contribution in [1.82, 2.24) is 0 Å². The molecule has 0 aliphatic carbocycles. The van der Waals surface area contributed by atoms with Crippen LogP contribution in [0.3, 0.4) is 0 Å². The van der Waals surface area contributed by atoms with Gasteiger partial charge in [0.25, 0.3) is 5.91 Å². The molecule has 3 aromatic rings. The molecule has 0 spiro atoms. The summed E-state index contributed by atoms with van der Waals surface area (Å²) in [5.41, 5.74) is 0.860. The Balaban J connectivity index is 1.85. The fourth-order valence-electron chi connectivity index (χ4n) is 2.88. The monoisotopic (exact) mass is 405 g/mol. The smallest absolute Gasteiger partial charge is 0.337 e. The van der Waals surface area contributed by atoms with E-state index in [2.05, 4.69) is 5.32 Å². The quantitative estimate of drug-likeness (QED) is 0.555. The maximum Gasteiger partial charge on any atom is 0.337 e. The van der Waals surface area contributed by atoms with Crippen molar-refractivity contribution in [1.29, 1.82) is 0 Å². The average molecular weight is 405 g/mol. The molecule has 0 heterocycles. The van der Waals surface area contributed by atoms with Gasteiger partial charge in [-0.3, -0.25) is 4.79 Å². The van der Waals surface area contributed by atoms with E-state index < -0.39 is 18.0 Å². The zero-order valence-corrected chi connectivity index (χ0v) is 16.7. The third-order valence-corrected chi connectivity index (χ3v) is 4.21. The van der Waals surface area contributed by atoms with Crippen molar-refractivity contribution >= 4 is 17.6 Å². The number of amides is 1. The zero-order chi connectivity index (χ0) is 21.5. The fourth-order valence-corrected chi connectivity index (χ4v) is 2.88. The maximum atomic E-state index is 13.1. The van der Waals surface area contributed by atoms with Crippen LogP contribution in [-0.4, -0.2) is 23.1 Å². The standard InChI is InChI=1S/C24H23NO5/c1-16(2)29-18-12-14-19(15-13-18)30-22(17-8-4-3-5-9-17)23(26)25-21-11-7-6-10-20(21)24(27)28/h3-16,22H,1-2H3,(H,25,26)(H,27,28). The van der Waals surface area contributed by atoms with Gasteiger partial charge in [0, 0.05) is 5.56 Å². The lowest BCUT2D eigenvalue weighted by molar-refractivity contribution is -0.123. The number of hydrogen-bond acceptors (Lipinski definition) is 4. The van der Waals surface area contributed by atoms with Gasteiger partial charge in [-0.05, 0) is 50.2 Å². The van der Waals surface area contributed by atoms with Crippen LogP contribution in [0.25, 0.3) is 0 Å². The SMILES string of the molecule is CC(C)Oc1ccc(OC(C(=O)Nc2ccccc2C(=O)O)c2ccccc2)cc1. The van der Waals surface area contributed by atoms with E-state index in [1.165, 1.54) is 6.07 Å². The molecular weight excluding hydrogens is 382 g/mol. The highest BCUT2D eigenvalue weighted by Crippen LogP contribution is 2.26. The molecule has 6 nitrogen and oxygen atoms in total. The number of aromatic carboxylic acids is 1. The summed E-state index contributed by atoms with van der Waals surface area (Å²) < 4.78 is 11.6. The molecule has 154 valence electrons. The Labute approximate surface area is 175 Å². The number of carboxylic acid groups (broad SMARTS) is 1. The third-order valence-electron chi connectivity index (χ3n) is 4.21. The van der Waals surface area contributed by atoms with Crippen LogP contribution in [0, 0.1) is 0 Å². The van der Waals surface area contributed by atoms with Crippen molar-refractivity contribution in [3.8, 4) is 11.5 Å². The van der Waals surface area contributed by atoms with Gasteiger partial charge in [-0.2, -0.15) is 0 Å². The number of ether oxygens (including phenoxy) is 2. The number of para-hydroxylation sites is 1. The van der Waals surface area contributed by atoms with Gasteiger partial charge in [0.15, 0.2) is 0 Å². The second-order valence-corrected chi connectivity index (χ2v) is 6.89. The Bertz CT molecular complexity index is 1000. The number of carbonyl (C=O) groups is 2. The van der Waals surface area contributed by atoms with E-state index in [0.29, 0.717) is 17.1 Å². The van der Waals surface area contributed by atoms with Crippen molar-refractivity contribution < 1.29 is 24.2 Å². The number of hydrogen-bond donors (Lipinski definition) is 2. The highest BCUT2D eigenvalue weighted by atomic mass is 16.5. The Morgan fingerprint density at radius 2 is 1.37 bits per heavy atom. The Morgan fingerprint density at radius 3 is 1.97 bits per heavy atom. The van der Waals surface area contributed by atoms with Crippen LogP contribution in [-0.2, 0) is 4.79 Å². The van der Waals surface area contributed by atoms with Crippen LogP contribution < -0.4 is 14.8 Å². The van der Waals surface area contributed by atoms with Gasteiger partial charge in [0.1, 0.15) is 11.5 Å². The summed E-state index contributed by atoms with van der Waals surface area (Å²) in [6.07, 6.45) is -0.918. The molecule has 3 rings (SSSR count). The summed E-state index contributed by atoms with van der Waals surface area (Å²) in [6, 6.07) is 22.3. The lowest BCUT2D eigenvalue weighted by Gasteiger charge is -2.20. The summed E-state index contributed by atoms with van der Waals surface area (Å²) >= 11 is 0. The molecule has 0 radical (unpaired) electrons. The van der Waals surface area contributed by atoms with Crippen molar-refractivity contribution in [3.05, 3.63) is 90.0 Å². The van der Waals surface area contributed by atoms with E-state index in [1.807, 2.05) is 32.0 Å². The van der Waals surface area contributed by atoms with Crippen LogP contribution in [0.5, 0.6) is 11.5 Å². The van der Waals surface area contributed by atoms with E-state index in [-0.39, 0.29) is 17.4 Å². The minimum atomic E-state index is -1.12. The number of nitrogens with one attached hydrogen (secondary N) is 1. The number of carboxylic acids is 1. The van der Waals surface area contributed by atoms with Crippen molar-refractivity contribution in [3.63, 3.8) is 0 Å². The van der Waals surface area contributed by atoms with Crippen LogP contribution in [0.15, 0.2) is 78.9 Å². The predicted octanol–water partition coefficient (Wildman–Crippen LogP) is 4.93. The molecule has 1 unspecified atom stereocenters. The van der Waals surface area contributed by atoms with Gasteiger partial charge in [0.05, 0.1) is 17.4 Å². The summed E-state index contributed by atoms with van der Waals surface area (Å²) in [6.45, 7) is 3.88. The highest BCUT2D eigenvalue weighted by molar-refractivity contribution is 6.02. The minimum Gasteiger partial charge on any atom is -0.491 e.